The van der Waals surface area contributed by atoms with Gasteiger partial charge in [0, 0.05) is 41.1 Å². The molecule has 2 aromatic rings. The first kappa shape index (κ1) is 19.1. The number of aryl methyl sites for hydroxylation is 1. The van der Waals surface area contributed by atoms with Gasteiger partial charge in [-0.25, -0.2) is 0 Å². The summed E-state index contributed by atoms with van der Waals surface area (Å²) in [7, 11) is 0. The number of carbonyl (C=O) groups is 2. The summed E-state index contributed by atoms with van der Waals surface area (Å²) >= 11 is 0. The van der Waals surface area contributed by atoms with Crippen molar-refractivity contribution in [3.63, 3.8) is 0 Å². The fourth-order valence-corrected chi connectivity index (χ4v) is 4.20. The van der Waals surface area contributed by atoms with E-state index in [1.165, 1.54) is 5.56 Å². The Morgan fingerprint density at radius 2 is 2.00 bits per heavy atom. The van der Waals surface area contributed by atoms with Gasteiger partial charge < -0.3 is 10.6 Å². The Hall–Kier alpha value is -3.21. The normalized spacial score (nSPS) is 19.0. The van der Waals surface area contributed by atoms with E-state index < -0.39 is 0 Å². The number of ketones is 1. The quantitative estimate of drug-likeness (QED) is 0.823. The summed E-state index contributed by atoms with van der Waals surface area (Å²) in [5.74, 6) is -0.443. The van der Waals surface area contributed by atoms with E-state index in [2.05, 4.69) is 34.7 Å². The van der Waals surface area contributed by atoms with E-state index in [4.69, 9.17) is 0 Å². The lowest BCUT2D eigenvalue weighted by molar-refractivity contribution is -0.116. The van der Waals surface area contributed by atoms with Crippen LogP contribution in [0.15, 0.2) is 71.3 Å². The molecule has 29 heavy (non-hydrogen) atoms. The number of hydrogen-bond donors (Lipinski definition) is 2. The van der Waals surface area contributed by atoms with Crippen molar-refractivity contribution in [3.05, 3.63) is 82.5 Å². The lowest BCUT2D eigenvalue weighted by atomic mass is 9.75. The second-order valence-electron chi connectivity index (χ2n) is 7.56. The number of pyridine rings is 1. The predicted molar refractivity (Wildman–Crippen MR) is 113 cm³/mol. The molecule has 1 aromatic carbocycles. The highest BCUT2D eigenvalue weighted by Gasteiger charge is 2.38. The van der Waals surface area contributed by atoms with Crippen LogP contribution in [0, 0.1) is 0 Å². The minimum Gasteiger partial charge on any atom is -0.362 e. The lowest BCUT2D eigenvalue weighted by Crippen LogP contribution is -2.35. The number of Topliss-reactive ketones (excluding diaryl/α,β-unsaturated/α-hetero) is 1. The van der Waals surface area contributed by atoms with Crippen molar-refractivity contribution in [2.45, 2.75) is 45.4 Å². The molecule has 2 heterocycles. The molecule has 1 atom stereocenters. The summed E-state index contributed by atoms with van der Waals surface area (Å²) < 4.78 is 0. The fourth-order valence-electron chi connectivity index (χ4n) is 4.20. The van der Waals surface area contributed by atoms with Gasteiger partial charge in [-0.05, 0) is 49.4 Å². The fraction of sp³-hybridized carbons (Fsp3) is 0.292. The molecule has 1 amide bonds. The molecule has 148 valence electrons. The van der Waals surface area contributed by atoms with E-state index in [1.54, 1.807) is 24.5 Å². The second kappa shape index (κ2) is 8.03. The Labute approximate surface area is 170 Å². The van der Waals surface area contributed by atoms with E-state index in [-0.39, 0.29) is 17.6 Å². The zero-order valence-corrected chi connectivity index (χ0v) is 16.8. The number of benzene rings is 1. The molecule has 0 bridgehead atoms. The third-order valence-electron chi connectivity index (χ3n) is 5.66. The minimum absolute atomic E-state index is 0.127. The average molecular weight is 387 g/mol. The molecular weight excluding hydrogens is 362 g/mol. The van der Waals surface area contributed by atoms with Gasteiger partial charge in [0.15, 0.2) is 5.78 Å². The molecule has 0 saturated carbocycles. The topological polar surface area (TPSA) is 71.1 Å². The number of anilines is 1. The van der Waals surface area contributed by atoms with Crippen LogP contribution in [0.5, 0.6) is 0 Å². The summed E-state index contributed by atoms with van der Waals surface area (Å²) in [5, 5.41) is 6.29. The van der Waals surface area contributed by atoms with Crippen molar-refractivity contribution in [2.75, 3.05) is 5.32 Å². The average Bonchev–Trinajstić information content (AvgIpc) is 2.73. The molecule has 2 aliphatic rings. The van der Waals surface area contributed by atoms with Crippen LogP contribution in [-0.4, -0.2) is 16.7 Å². The van der Waals surface area contributed by atoms with Crippen LogP contribution in [-0.2, 0) is 16.0 Å². The van der Waals surface area contributed by atoms with Gasteiger partial charge in [-0.1, -0.05) is 31.2 Å². The number of rotatable bonds is 4. The predicted octanol–water partition coefficient (Wildman–Crippen LogP) is 4.25. The van der Waals surface area contributed by atoms with Crippen LogP contribution in [0.4, 0.5) is 5.69 Å². The molecule has 1 aromatic heterocycles. The standard InChI is InChI=1S/C24H25N3O2/c1-3-16-9-11-17(12-10-16)22-21(24(29)27-18-6-5-13-25-14-18)15(2)26-19-7-4-8-20(28)23(19)22/h5-6,9-14,22,26H,3-4,7-8H2,1-2H3,(H,27,29)/t22-/m0/s1. The Balaban J connectivity index is 1.78. The monoisotopic (exact) mass is 387 g/mol. The Morgan fingerprint density at radius 1 is 1.21 bits per heavy atom. The van der Waals surface area contributed by atoms with Gasteiger partial charge in [0.2, 0.25) is 0 Å². The molecule has 5 heteroatoms. The Kier molecular flexibility index (Phi) is 5.30. The molecule has 4 rings (SSSR count). The van der Waals surface area contributed by atoms with Gasteiger partial charge in [-0.2, -0.15) is 0 Å². The molecular formula is C24H25N3O2. The largest absolute Gasteiger partial charge is 0.362 e. The highest BCUT2D eigenvalue weighted by atomic mass is 16.2. The van der Waals surface area contributed by atoms with Crippen molar-refractivity contribution in [2.24, 2.45) is 0 Å². The zero-order chi connectivity index (χ0) is 20.4. The summed E-state index contributed by atoms with van der Waals surface area (Å²) in [6.07, 6.45) is 6.43. The highest BCUT2D eigenvalue weighted by Crippen LogP contribution is 2.42. The number of amides is 1. The van der Waals surface area contributed by atoms with Gasteiger partial charge in [0.1, 0.15) is 0 Å². The van der Waals surface area contributed by atoms with Crippen molar-refractivity contribution in [3.8, 4) is 0 Å². The van der Waals surface area contributed by atoms with Crippen molar-refractivity contribution in [1.29, 1.82) is 0 Å². The zero-order valence-electron chi connectivity index (χ0n) is 16.8. The molecule has 0 unspecified atom stereocenters. The lowest BCUT2D eigenvalue weighted by Gasteiger charge is -2.34. The van der Waals surface area contributed by atoms with Gasteiger partial charge >= 0.3 is 0 Å². The first-order chi connectivity index (χ1) is 14.1. The van der Waals surface area contributed by atoms with Crippen LogP contribution in [0.25, 0.3) is 0 Å². The van der Waals surface area contributed by atoms with Crippen LogP contribution >= 0.6 is 0 Å². The number of hydrogen-bond acceptors (Lipinski definition) is 4. The molecule has 1 aliphatic heterocycles. The van der Waals surface area contributed by atoms with E-state index >= 15 is 0 Å². The second-order valence-corrected chi connectivity index (χ2v) is 7.56. The molecule has 5 nitrogen and oxygen atoms in total. The summed E-state index contributed by atoms with van der Waals surface area (Å²) in [6.45, 7) is 4.02. The van der Waals surface area contributed by atoms with Gasteiger partial charge in [0.05, 0.1) is 11.9 Å². The number of nitrogens with zero attached hydrogens (tertiary/aromatic N) is 1. The number of aromatic nitrogens is 1. The third-order valence-corrected chi connectivity index (χ3v) is 5.66. The molecule has 0 fully saturated rings. The van der Waals surface area contributed by atoms with Crippen molar-refractivity contribution in [1.82, 2.24) is 10.3 Å². The number of dihydropyridines is 1. The van der Waals surface area contributed by atoms with Gasteiger partial charge in [-0.15, -0.1) is 0 Å². The molecule has 0 radical (unpaired) electrons. The Bertz CT molecular complexity index is 1000. The maximum absolute atomic E-state index is 13.3. The van der Waals surface area contributed by atoms with Gasteiger partial charge in [0.25, 0.3) is 5.91 Å². The summed E-state index contributed by atoms with van der Waals surface area (Å²) in [6, 6.07) is 11.8. The third kappa shape index (κ3) is 3.73. The number of allylic oxidation sites excluding steroid dienone is 3. The summed E-state index contributed by atoms with van der Waals surface area (Å²) in [4.78, 5) is 30.3. The van der Waals surface area contributed by atoms with E-state index in [1.807, 2.05) is 19.1 Å². The van der Waals surface area contributed by atoms with E-state index in [0.29, 0.717) is 17.7 Å². The van der Waals surface area contributed by atoms with Gasteiger partial charge in [-0.3, -0.25) is 14.6 Å². The number of nitrogens with one attached hydrogen (secondary N) is 2. The molecule has 1 aliphatic carbocycles. The first-order valence-corrected chi connectivity index (χ1v) is 10.1. The maximum Gasteiger partial charge on any atom is 0.254 e. The minimum atomic E-state index is -0.360. The molecule has 0 saturated heterocycles. The molecule has 2 N–H and O–H groups in total. The maximum atomic E-state index is 13.3. The number of carbonyl (C=O) groups excluding carboxylic acids is 2. The highest BCUT2D eigenvalue weighted by molar-refractivity contribution is 6.09. The van der Waals surface area contributed by atoms with Crippen LogP contribution in [0.3, 0.4) is 0 Å². The van der Waals surface area contributed by atoms with E-state index in [0.717, 1.165) is 41.8 Å². The Morgan fingerprint density at radius 3 is 2.69 bits per heavy atom. The SMILES string of the molecule is CCc1ccc([C@H]2C(C(=O)Nc3cccnc3)=C(C)NC3=C2C(=O)CCC3)cc1. The summed E-state index contributed by atoms with van der Waals surface area (Å²) in [5.41, 5.74) is 5.92. The van der Waals surface area contributed by atoms with Crippen LogP contribution in [0.1, 0.15) is 50.2 Å². The molecule has 0 spiro atoms. The first-order valence-electron chi connectivity index (χ1n) is 10.1. The smallest absolute Gasteiger partial charge is 0.254 e. The van der Waals surface area contributed by atoms with Crippen LogP contribution < -0.4 is 10.6 Å². The van der Waals surface area contributed by atoms with E-state index in [9.17, 15) is 9.59 Å². The van der Waals surface area contributed by atoms with Crippen LogP contribution in [0.2, 0.25) is 0 Å². The van der Waals surface area contributed by atoms with Crippen molar-refractivity contribution < 1.29 is 9.59 Å². The van der Waals surface area contributed by atoms with Crippen molar-refractivity contribution >= 4 is 17.4 Å².